The molecule has 1 unspecified atom stereocenters. The Labute approximate surface area is 263 Å². The molecule has 2 aromatic carbocycles. The van der Waals surface area contributed by atoms with E-state index in [1.54, 1.807) is 0 Å². The van der Waals surface area contributed by atoms with Crippen molar-refractivity contribution >= 4 is 28.8 Å². The highest BCUT2D eigenvalue weighted by atomic mass is 16.8. The van der Waals surface area contributed by atoms with Crippen LogP contribution < -0.4 is 21.7 Å². The van der Waals surface area contributed by atoms with E-state index < -0.39 is 5.79 Å². The lowest BCUT2D eigenvalue weighted by Crippen LogP contribution is -2.35. The number of fused-ring (bicyclic) bond motifs is 2. The van der Waals surface area contributed by atoms with Crippen LogP contribution >= 0.6 is 0 Å². The van der Waals surface area contributed by atoms with Gasteiger partial charge in [0.05, 0.1) is 18.5 Å². The number of nitrogens with one attached hydrogen (secondary N) is 1. The zero-order chi connectivity index (χ0) is 31.3. The molecule has 45 heavy (non-hydrogen) atoms. The Morgan fingerprint density at radius 1 is 1.04 bits per heavy atom. The topological polar surface area (TPSA) is 146 Å². The fraction of sp³-hybridized carbons (Fsp3) is 0.471. The van der Waals surface area contributed by atoms with Gasteiger partial charge in [0.15, 0.2) is 22.8 Å². The molecular weight excluding hydrogens is 568 g/mol. The summed E-state index contributed by atoms with van der Waals surface area (Å²) in [5, 5.41) is 3.66. The molecule has 6 atom stereocenters. The van der Waals surface area contributed by atoms with Crippen molar-refractivity contribution in [2.24, 2.45) is 23.3 Å². The Balaban J connectivity index is 1.28. The molecule has 11 nitrogen and oxygen atoms in total. The van der Waals surface area contributed by atoms with Gasteiger partial charge in [-0.05, 0) is 37.8 Å². The van der Waals surface area contributed by atoms with E-state index in [1.807, 2.05) is 39.2 Å². The van der Waals surface area contributed by atoms with Crippen LogP contribution in [0.15, 0.2) is 67.0 Å². The largest absolute Gasteiger partial charge is 0.369 e. The SMILES string of the molecule is CC(C(N)=O)[C@@H]1C[C@@H](n2cnc3c(NCC(c4ccccc4)c4ccccc4)nc(N4CC[C@@H](N)C4)nc32)[C@@H]2OC(C)(C)O[C@@H]21. The van der Waals surface area contributed by atoms with Gasteiger partial charge in [0.1, 0.15) is 6.10 Å². The summed E-state index contributed by atoms with van der Waals surface area (Å²) in [5.41, 5.74) is 15.9. The maximum absolute atomic E-state index is 12.3. The minimum absolute atomic E-state index is 0.0732. The lowest BCUT2D eigenvalue weighted by Gasteiger charge is -2.26. The molecule has 1 aliphatic carbocycles. The summed E-state index contributed by atoms with van der Waals surface area (Å²) in [6.45, 7) is 7.79. The van der Waals surface area contributed by atoms with E-state index in [9.17, 15) is 4.79 Å². The van der Waals surface area contributed by atoms with Gasteiger partial charge in [-0.15, -0.1) is 0 Å². The maximum Gasteiger partial charge on any atom is 0.229 e. The zero-order valence-electron chi connectivity index (χ0n) is 26.0. The smallest absolute Gasteiger partial charge is 0.229 e. The van der Waals surface area contributed by atoms with Crippen LogP contribution in [0.5, 0.6) is 0 Å². The van der Waals surface area contributed by atoms with Crippen molar-refractivity contribution in [3.05, 3.63) is 78.1 Å². The van der Waals surface area contributed by atoms with Gasteiger partial charge >= 0.3 is 0 Å². The van der Waals surface area contributed by atoms with Gasteiger partial charge in [0, 0.05) is 43.4 Å². The van der Waals surface area contributed by atoms with Crippen molar-refractivity contribution in [3.63, 3.8) is 0 Å². The van der Waals surface area contributed by atoms with E-state index in [1.165, 1.54) is 11.1 Å². The predicted octanol–water partition coefficient (Wildman–Crippen LogP) is 3.81. The molecule has 2 aromatic heterocycles. The van der Waals surface area contributed by atoms with E-state index in [0.29, 0.717) is 42.4 Å². The first-order valence-electron chi connectivity index (χ1n) is 15.9. The molecule has 1 saturated carbocycles. The van der Waals surface area contributed by atoms with Crippen LogP contribution in [0.1, 0.15) is 56.7 Å². The minimum atomic E-state index is -0.775. The third kappa shape index (κ3) is 5.64. The summed E-state index contributed by atoms with van der Waals surface area (Å²) < 4.78 is 14.9. The van der Waals surface area contributed by atoms with Gasteiger partial charge in [-0.1, -0.05) is 67.6 Å². The third-order valence-corrected chi connectivity index (χ3v) is 9.72. The standard InChI is InChI=1S/C34H42N8O3/c1-20(30(36)43)24-16-26(29-28(24)44-34(2,3)45-29)42-19-38-27-31(39-33(40-32(27)42)41-15-14-23(35)18-41)37-17-25(21-10-6-4-7-11-21)22-12-8-5-9-13-22/h4-13,19-20,23-26,28-29H,14-18,35H2,1-3H3,(H2,36,43)(H,37,39,40)/t20?,23-,24+,26-,28-,29+/m1/s1. The summed E-state index contributed by atoms with van der Waals surface area (Å²) in [5.74, 6) is -0.177. The van der Waals surface area contributed by atoms with Crippen LogP contribution in [-0.2, 0) is 14.3 Å². The average molecular weight is 611 g/mol. The van der Waals surface area contributed by atoms with Crippen molar-refractivity contribution in [1.82, 2.24) is 19.5 Å². The molecule has 2 saturated heterocycles. The molecule has 2 aliphatic heterocycles. The number of nitrogens with zero attached hydrogens (tertiary/aromatic N) is 5. The molecule has 4 heterocycles. The van der Waals surface area contributed by atoms with Crippen LogP contribution in [0, 0.1) is 11.8 Å². The van der Waals surface area contributed by atoms with E-state index >= 15 is 0 Å². The summed E-state index contributed by atoms with van der Waals surface area (Å²) >= 11 is 0. The number of carbonyl (C=O) groups excluding carboxylic acids is 1. The van der Waals surface area contributed by atoms with E-state index in [0.717, 1.165) is 13.0 Å². The predicted molar refractivity (Wildman–Crippen MR) is 173 cm³/mol. The van der Waals surface area contributed by atoms with E-state index in [2.05, 4.69) is 63.3 Å². The molecule has 0 spiro atoms. The first-order valence-corrected chi connectivity index (χ1v) is 15.9. The van der Waals surface area contributed by atoms with Gasteiger partial charge in [0.25, 0.3) is 0 Å². The first-order chi connectivity index (χ1) is 21.7. The number of aromatic nitrogens is 4. The highest BCUT2D eigenvalue weighted by Gasteiger charge is 2.56. The lowest BCUT2D eigenvalue weighted by molar-refractivity contribution is -0.163. The van der Waals surface area contributed by atoms with Gasteiger partial charge in [-0.25, -0.2) is 4.98 Å². The number of carbonyl (C=O) groups is 1. The molecule has 1 amide bonds. The number of rotatable bonds is 9. The molecule has 0 radical (unpaired) electrons. The van der Waals surface area contributed by atoms with Gasteiger partial charge < -0.3 is 35.7 Å². The number of amides is 1. The van der Waals surface area contributed by atoms with Gasteiger partial charge in [-0.3, -0.25) is 4.79 Å². The van der Waals surface area contributed by atoms with E-state index in [4.69, 9.17) is 35.9 Å². The summed E-state index contributed by atoms with van der Waals surface area (Å²) in [4.78, 5) is 29.4. The number of anilines is 2. The number of hydrogen-bond acceptors (Lipinski definition) is 9. The van der Waals surface area contributed by atoms with Crippen molar-refractivity contribution in [2.45, 2.75) is 69.6 Å². The Morgan fingerprint density at radius 2 is 1.71 bits per heavy atom. The molecule has 11 heteroatoms. The molecular formula is C34H42N8O3. The average Bonchev–Trinajstić information content (AvgIpc) is 3.80. The number of nitrogens with two attached hydrogens (primary N) is 2. The summed E-state index contributed by atoms with van der Waals surface area (Å²) in [6.07, 6.45) is 2.82. The highest BCUT2D eigenvalue weighted by Crippen LogP contribution is 2.50. The maximum atomic E-state index is 12.3. The van der Waals surface area contributed by atoms with E-state index in [-0.39, 0.29) is 48.0 Å². The van der Waals surface area contributed by atoms with Crippen molar-refractivity contribution in [2.75, 3.05) is 29.9 Å². The fourth-order valence-electron chi connectivity index (χ4n) is 7.34. The third-order valence-electron chi connectivity index (χ3n) is 9.72. The normalized spacial score (nSPS) is 26.4. The zero-order valence-corrected chi connectivity index (χ0v) is 26.0. The Hall–Kier alpha value is -4.06. The van der Waals surface area contributed by atoms with Gasteiger partial charge in [0.2, 0.25) is 11.9 Å². The second kappa shape index (κ2) is 11.7. The molecule has 7 rings (SSSR count). The monoisotopic (exact) mass is 610 g/mol. The molecule has 3 fully saturated rings. The lowest BCUT2D eigenvalue weighted by atomic mass is 9.90. The van der Waals surface area contributed by atoms with Crippen LogP contribution in [-0.4, -0.2) is 69.1 Å². The Bertz CT molecular complexity index is 1620. The van der Waals surface area contributed by atoms with Crippen molar-refractivity contribution in [1.29, 1.82) is 0 Å². The fourth-order valence-corrected chi connectivity index (χ4v) is 7.34. The number of primary amides is 1. The molecule has 3 aliphatic rings. The summed E-state index contributed by atoms with van der Waals surface area (Å²) in [6, 6.07) is 20.9. The van der Waals surface area contributed by atoms with Gasteiger partial charge in [-0.2, -0.15) is 9.97 Å². The molecule has 236 valence electrons. The van der Waals surface area contributed by atoms with Crippen molar-refractivity contribution in [3.8, 4) is 0 Å². The number of ether oxygens (including phenoxy) is 2. The quantitative estimate of drug-likeness (QED) is 0.257. The van der Waals surface area contributed by atoms with Crippen LogP contribution in [0.4, 0.5) is 11.8 Å². The summed E-state index contributed by atoms with van der Waals surface area (Å²) in [7, 11) is 0. The molecule has 5 N–H and O–H groups in total. The first kappa shape index (κ1) is 29.6. The highest BCUT2D eigenvalue weighted by molar-refractivity contribution is 5.84. The molecule has 4 aromatic rings. The van der Waals surface area contributed by atoms with Crippen LogP contribution in [0.3, 0.4) is 0 Å². The van der Waals surface area contributed by atoms with Crippen molar-refractivity contribution < 1.29 is 14.3 Å². The molecule has 0 bridgehead atoms. The number of imidazole rings is 1. The second-order valence-corrected chi connectivity index (χ2v) is 13.2. The Kier molecular flexibility index (Phi) is 7.71. The second-order valence-electron chi connectivity index (χ2n) is 13.2. The van der Waals surface area contributed by atoms with Crippen LogP contribution in [0.2, 0.25) is 0 Å². The van der Waals surface area contributed by atoms with Crippen LogP contribution in [0.25, 0.3) is 11.2 Å². The number of benzene rings is 2. The number of hydrogen-bond donors (Lipinski definition) is 3. The Morgan fingerprint density at radius 3 is 2.33 bits per heavy atom. The minimum Gasteiger partial charge on any atom is -0.369 e.